The lowest BCUT2D eigenvalue weighted by Gasteiger charge is -2.17. The highest BCUT2D eigenvalue weighted by molar-refractivity contribution is 6.01. The summed E-state index contributed by atoms with van der Waals surface area (Å²) in [5.41, 5.74) is 10.1. The van der Waals surface area contributed by atoms with E-state index in [1.165, 1.54) is 18.3 Å². The van der Waals surface area contributed by atoms with Crippen LogP contribution < -0.4 is 53.8 Å². The van der Waals surface area contributed by atoms with Crippen LogP contribution >= 0.6 is 0 Å². The molecule has 1 atom stereocenters. The summed E-state index contributed by atoms with van der Waals surface area (Å²) in [6.07, 6.45) is 1.92. The number of nitrogen functional groups attached to an aromatic ring is 1. The molecule has 28 nitrogen and oxygen atoms in total. The second-order valence-electron chi connectivity index (χ2n) is 15.0. The summed E-state index contributed by atoms with van der Waals surface area (Å²) in [5, 5.41) is 45.0. The van der Waals surface area contributed by atoms with Crippen LogP contribution in [0.5, 0.6) is 0 Å². The number of benzene rings is 2. The fourth-order valence-corrected chi connectivity index (χ4v) is 6.35. The molecule has 0 fully saturated rings. The van der Waals surface area contributed by atoms with Crippen molar-refractivity contribution < 1.29 is 47.2 Å². The van der Waals surface area contributed by atoms with E-state index in [1.807, 2.05) is 13.8 Å². The SMILES string of the molecule is CCCNc1nc(C(=O)NCCNc2c(F)c(N=[N+]=[N-])c(F)c(F)c2[N+](=O)[O-])c(NCCC)nc1C(=O)NCCNC(=O)CCC(NC(=O)c1ccc(NCc2cnc3nc(N)[nH]c(=O)c3n2)cc1)C(=O)O. The van der Waals surface area contributed by atoms with Crippen molar-refractivity contribution in [3.63, 3.8) is 0 Å². The maximum atomic E-state index is 14.9. The molecule has 0 saturated carbocycles. The van der Waals surface area contributed by atoms with Crippen molar-refractivity contribution in [2.24, 2.45) is 5.11 Å². The van der Waals surface area contributed by atoms with Gasteiger partial charge in [-0.1, -0.05) is 19.0 Å². The van der Waals surface area contributed by atoms with Gasteiger partial charge in [-0.3, -0.25) is 39.1 Å². The largest absolute Gasteiger partial charge is 0.480 e. The number of nitrogens with zero attached hydrogens (tertiary/aromatic N) is 9. The first kappa shape index (κ1) is 53.5. The van der Waals surface area contributed by atoms with Crippen LogP contribution in [0.4, 0.5) is 53.5 Å². The van der Waals surface area contributed by atoms with Crippen LogP contribution in [0, 0.1) is 27.6 Å². The highest BCUT2D eigenvalue weighted by Gasteiger charge is 2.32. The number of aromatic nitrogens is 6. The van der Waals surface area contributed by atoms with Crippen molar-refractivity contribution in [2.45, 2.75) is 52.1 Å². The standard InChI is InChI=1S/C41H46F3N19O9/c1-3-11-49-33-29(57-34(50-12-4-2)30(58-33)38(67)52-16-14-48-28-26(44)27(61-62-46)24(42)25(43)32(28)63(71)72)37(66)51-15-13-47-23(64)10-9-22(40(69)70)56-36(65)19-5-7-20(8-6-19)53-17-21-18-54-35-31(55-21)39(68)60-41(45)59-35/h5-8,18,22,48,53H,3-4,9-17H2,1-2H3,(H,47,64)(H,49,58)(H,50,57)(H,51,66)(H,52,67)(H,56,65)(H,69,70)(H3,45,54,59,60,68). The van der Waals surface area contributed by atoms with E-state index in [2.05, 4.69) is 82.5 Å². The number of aromatic amines is 1. The van der Waals surface area contributed by atoms with E-state index in [9.17, 15) is 57.2 Å². The van der Waals surface area contributed by atoms with E-state index in [4.69, 9.17) is 11.3 Å². The Morgan fingerprint density at radius 1 is 0.833 bits per heavy atom. The molecule has 0 aliphatic carbocycles. The molecule has 1 unspecified atom stereocenters. The van der Waals surface area contributed by atoms with Crippen LogP contribution in [-0.4, -0.2) is 115 Å². The Labute approximate surface area is 403 Å². The van der Waals surface area contributed by atoms with Crippen molar-refractivity contribution in [3.8, 4) is 0 Å². The number of halogens is 3. The molecule has 2 aromatic carbocycles. The molecule has 0 bridgehead atoms. The molecule has 0 aliphatic rings. The third-order valence-electron chi connectivity index (χ3n) is 9.83. The van der Waals surface area contributed by atoms with Crippen molar-refractivity contribution >= 4 is 81.1 Å². The summed E-state index contributed by atoms with van der Waals surface area (Å²) in [6.45, 7) is 3.18. The summed E-state index contributed by atoms with van der Waals surface area (Å²) in [4.78, 5) is 112. The number of rotatable bonds is 26. The van der Waals surface area contributed by atoms with Gasteiger partial charge in [0.05, 0.1) is 23.4 Å². The Morgan fingerprint density at radius 3 is 2.03 bits per heavy atom. The van der Waals surface area contributed by atoms with E-state index < -0.39 is 93.7 Å². The molecular formula is C41H46F3N19O9. The van der Waals surface area contributed by atoms with Gasteiger partial charge in [-0.15, -0.1) is 0 Å². The van der Waals surface area contributed by atoms with Crippen molar-refractivity contribution in [1.82, 2.24) is 51.2 Å². The third-order valence-corrected chi connectivity index (χ3v) is 9.83. The van der Waals surface area contributed by atoms with Crippen LogP contribution in [0.15, 0.2) is 40.4 Å². The van der Waals surface area contributed by atoms with E-state index in [0.29, 0.717) is 24.2 Å². The highest BCUT2D eigenvalue weighted by atomic mass is 19.2. The molecule has 5 rings (SSSR count). The fraction of sp³-hybridized carbons (Fsp3) is 0.341. The van der Waals surface area contributed by atoms with Gasteiger partial charge < -0.3 is 53.4 Å². The molecule has 5 aromatic rings. The van der Waals surface area contributed by atoms with Gasteiger partial charge >= 0.3 is 11.7 Å². The van der Waals surface area contributed by atoms with Crippen LogP contribution in [0.25, 0.3) is 21.6 Å². The van der Waals surface area contributed by atoms with E-state index in [0.717, 1.165) is 0 Å². The molecule has 380 valence electrons. The summed E-state index contributed by atoms with van der Waals surface area (Å²) < 4.78 is 43.6. The lowest BCUT2D eigenvalue weighted by atomic mass is 10.1. The monoisotopic (exact) mass is 1010 g/mol. The number of carboxylic acid groups (broad SMARTS) is 1. The molecule has 3 aromatic heterocycles. The average molecular weight is 1010 g/mol. The first-order chi connectivity index (χ1) is 34.5. The number of hydrogen-bond acceptors (Lipinski definition) is 19. The topological polar surface area (TPSA) is 417 Å². The number of hydrogen-bond donors (Lipinski definition) is 11. The molecule has 0 spiro atoms. The predicted molar refractivity (Wildman–Crippen MR) is 252 cm³/mol. The number of H-pyrrole nitrogens is 1. The quantitative estimate of drug-likeness (QED) is 0.00721. The number of nitrogens with one attached hydrogen (secondary N) is 9. The van der Waals surface area contributed by atoms with Crippen LogP contribution in [0.3, 0.4) is 0 Å². The van der Waals surface area contributed by atoms with Gasteiger partial charge in [-0.05, 0) is 49.1 Å². The smallest absolute Gasteiger partial charge is 0.333 e. The molecule has 4 amide bonds. The first-order valence-electron chi connectivity index (χ1n) is 21.7. The number of amides is 4. The first-order valence-corrected chi connectivity index (χ1v) is 21.7. The molecule has 3 heterocycles. The Balaban J connectivity index is 1.12. The number of aliphatic carboxylic acids is 1. The molecule has 12 N–H and O–H groups in total. The Morgan fingerprint density at radius 2 is 1.44 bits per heavy atom. The van der Waals surface area contributed by atoms with Gasteiger partial charge in [0.15, 0.2) is 51.5 Å². The molecular weight excluding hydrogens is 960 g/mol. The number of carboxylic acids is 1. The Bertz CT molecular complexity index is 2980. The number of carbonyl (C=O) groups excluding carboxylic acids is 4. The summed E-state index contributed by atoms with van der Waals surface area (Å²) in [5.74, 6) is -10.6. The molecule has 0 saturated heterocycles. The minimum Gasteiger partial charge on any atom is -0.480 e. The lowest BCUT2D eigenvalue weighted by molar-refractivity contribution is -0.387. The number of nitro benzene ring substituents is 1. The van der Waals surface area contributed by atoms with Gasteiger partial charge in [0.2, 0.25) is 17.7 Å². The van der Waals surface area contributed by atoms with Gasteiger partial charge in [0.25, 0.3) is 23.3 Å². The molecule has 0 aliphatic heterocycles. The Kier molecular flexibility index (Phi) is 18.8. The number of azide groups is 1. The van der Waals surface area contributed by atoms with Crippen molar-refractivity contribution in [3.05, 3.63) is 101 Å². The lowest BCUT2D eigenvalue weighted by Crippen LogP contribution is -2.42. The number of fused-ring (bicyclic) bond motifs is 1. The highest BCUT2D eigenvalue weighted by Crippen LogP contribution is 2.39. The van der Waals surface area contributed by atoms with E-state index in [-0.39, 0.29) is 91.3 Å². The molecule has 0 radical (unpaired) electrons. The summed E-state index contributed by atoms with van der Waals surface area (Å²) >= 11 is 0. The van der Waals surface area contributed by atoms with Gasteiger partial charge in [-0.25, -0.2) is 33.5 Å². The number of nitro groups is 1. The van der Waals surface area contributed by atoms with E-state index in [1.54, 1.807) is 12.1 Å². The molecule has 72 heavy (non-hydrogen) atoms. The summed E-state index contributed by atoms with van der Waals surface area (Å²) in [7, 11) is 0. The predicted octanol–water partition coefficient (Wildman–Crippen LogP) is 2.96. The van der Waals surface area contributed by atoms with Crippen molar-refractivity contribution in [1.29, 1.82) is 0 Å². The zero-order valence-corrected chi connectivity index (χ0v) is 38.2. The maximum absolute atomic E-state index is 14.9. The van der Waals surface area contributed by atoms with Gasteiger partial charge in [0, 0.05) is 61.9 Å². The fourth-order valence-electron chi connectivity index (χ4n) is 6.35. The normalized spacial score (nSPS) is 11.1. The Hall–Kier alpha value is -9.41. The van der Waals surface area contributed by atoms with Crippen LogP contribution in [0.1, 0.15) is 76.6 Å². The minimum absolute atomic E-state index is 0.00585. The second-order valence-corrected chi connectivity index (χ2v) is 15.0. The van der Waals surface area contributed by atoms with Gasteiger partial charge in [-0.2, -0.15) is 9.37 Å². The van der Waals surface area contributed by atoms with Crippen LogP contribution in [-0.2, 0) is 16.1 Å². The number of carbonyl (C=O) groups is 5. The minimum atomic E-state index is -2.08. The summed E-state index contributed by atoms with van der Waals surface area (Å²) in [6, 6.07) is 4.59. The average Bonchev–Trinajstić information content (AvgIpc) is 3.35. The number of nitrogens with two attached hydrogens (primary N) is 1. The second kappa shape index (κ2) is 25.3. The van der Waals surface area contributed by atoms with Crippen LogP contribution in [0.2, 0.25) is 0 Å². The zero-order valence-electron chi connectivity index (χ0n) is 38.2. The molecule has 31 heteroatoms. The number of anilines is 5. The maximum Gasteiger partial charge on any atom is 0.333 e. The van der Waals surface area contributed by atoms with Crippen molar-refractivity contribution in [2.75, 3.05) is 66.3 Å². The zero-order chi connectivity index (χ0) is 52.5. The third kappa shape index (κ3) is 13.9. The van der Waals surface area contributed by atoms with E-state index >= 15 is 0 Å². The van der Waals surface area contributed by atoms with Gasteiger partial charge in [0.1, 0.15) is 11.7 Å².